The average Bonchev–Trinajstić information content (AvgIpc) is 3.23. The summed E-state index contributed by atoms with van der Waals surface area (Å²) in [6, 6.07) is 13.7. The Morgan fingerprint density at radius 3 is 2.50 bits per heavy atom. The summed E-state index contributed by atoms with van der Waals surface area (Å²) in [4.78, 5) is 18.7. The van der Waals surface area contributed by atoms with Crippen LogP contribution in [0.5, 0.6) is 0 Å². The van der Waals surface area contributed by atoms with E-state index >= 15 is 0 Å². The van der Waals surface area contributed by atoms with Crippen LogP contribution in [0.2, 0.25) is 0 Å². The molecule has 0 aliphatic heterocycles. The largest absolute Gasteiger partial charge is 0.352 e. The summed E-state index contributed by atoms with van der Waals surface area (Å²) < 4.78 is 14.8. The number of aryl methyl sites for hydroxylation is 2. The first kappa shape index (κ1) is 18.3. The highest BCUT2D eigenvalue weighted by Gasteiger charge is 2.14. The van der Waals surface area contributed by atoms with Crippen LogP contribution in [0.1, 0.15) is 26.5 Å². The molecular formula is C21H19FN4OS. The maximum atomic E-state index is 12.9. The minimum atomic E-state index is -0.355. The van der Waals surface area contributed by atoms with E-state index in [-0.39, 0.29) is 11.7 Å². The molecule has 1 N–H and O–H groups in total. The van der Waals surface area contributed by atoms with Crippen LogP contribution in [0.25, 0.3) is 16.3 Å². The highest BCUT2D eigenvalue weighted by molar-refractivity contribution is 7.17. The molecular weight excluding hydrogens is 375 g/mol. The zero-order chi connectivity index (χ0) is 19.7. The van der Waals surface area contributed by atoms with Gasteiger partial charge in [0.15, 0.2) is 5.82 Å². The van der Waals surface area contributed by atoms with Gasteiger partial charge in [0, 0.05) is 29.0 Å². The number of rotatable bonds is 5. The Labute approximate surface area is 165 Å². The van der Waals surface area contributed by atoms with Crippen molar-refractivity contribution in [2.75, 3.05) is 6.54 Å². The number of carbonyl (C=O) groups is 1. The number of carbonyl (C=O) groups excluding carboxylic acids is 1. The van der Waals surface area contributed by atoms with Gasteiger partial charge < -0.3 is 5.32 Å². The molecule has 142 valence electrons. The van der Waals surface area contributed by atoms with Crippen molar-refractivity contribution in [2.45, 2.75) is 20.3 Å². The topological polar surface area (TPSA) is 59.3 Å². The SMILES string of the molecule is Cc1ccc(-c2nc3sc(CCNC(=O)c4ccc(F)cc4)c(C)n3n2)cc1. The average molecular weight is 394 g/mol. The Morgan fingerprint density at radius 2 is 1.82 bits per heavy atom. The van der Waals surface area contributed by atoms with E-state index in [2.05, 4.69) is 15.4 Å². The molecule has 0 bridgehead atoms. The quantitative estimate of drug-likeness (QED) is 0.552. The summed E-state index contributed by atoms with van der Waals surface area (Å²) in [5.41, 5.74) is 3.67. The fourth-order valence-electron chi connectivity index (χ4n) is 2.93. The second kappa shape index (κ2) is 7.52. The summed E-state index contributed by atoms with van der Waals surface area (Å²) in [6.07, 6.45) is 0.689. The van der Waals surface area contributed by atoms with Crippen LogP contribution in [-0.2, 0) is 6.42 Å². The zero-order valence-electron chi connectivity index (χ0n) is 15.6. The Hall–Kier alpha value is -3.06. The third-order valence-corrected chi connectivity index (χ3v) is 5.76. The number of thiazole rings is 1. The Balaban J connectivity index is 1.44. The van der Waals surface area contributed by atoms with Crippen LogP contribution < -0.4 is 5.32 Å². The molecule has 28 heavy (non-hydrogen) atoms. The maximum Gasteiger partial charge on any atom is 0.251 e. The zero-order valence-corrected chi connectivity index (χ0v) is 16.4. The van der Waals surface area contributed by atoms with Gasteiger partial charge in [-0.1, -0.05) is 41.2 Å². The number of fused-ring (bicyclic) bond motifs is 1. The second-order valence-electron chi connectivity index (χ2n) is 6.62. The van der Waals surface area contributed by atoms with Crippen molar-refractivity contribution in [3.8, 4) is 11.4 Å². The third-order valence-electron chi connectivity index (χ3n) is 4.57. The molecule has 0 spiro atoms. The van der Waals surface area contributed by atoms with Crippen LogP contribution in [0, 0.1) is 19.7 Å². The molecule has 1 amide bonds. The summed E-state index contributed by atoms with van der Waals surface area (Å²) in [6.45, 7) is 4.55. The van der Waals surface area contributed by atoms with E-state index in [1.807, 2.05) is 42.6 Å². The first-order valence-corrected chi connectivity index (χ1v) is 9.79. The van der Waals surface area contributed by atoms with E-state index < -0.39 is 0 Å². The molecule has 0 saturated heterocycles. The first-order valence-electron chi connectivity index (χ1n) is 8.97. The van der Waals surface area contributed by atoms with Crippen LogP contribution in [-0.4, -0.2) is 27.0 Å². The lowest BCUT2D eigenvalue weighted by atomic mass is 10.1. The summed E-state index contributed by atoms with van der Waals surface area (Å²) in [7, 11) is 0. The van der Waals surface area contributed by atoms with Gasteiger partial charge in [-0.05, 0) is 38.1 Å². The van der Waals surface area contributed by atoms with Gasteiger partial charge in [-0.2, -0.15) is 4.98 Å². The highest BCUT2D eigenvalue weighted by atomic mass is 32.1. The molecule has 4 rings (SSSR count). The predicted octanol–water partition coefficient (Wildman–Crippen LogP) is 4.19. The fourth-order valence-corrected chi connectivity index (χ4v) is 3.99. The minimum absolute atomic E-state index is 0.209. The Bertz CT molecular complexity index is 1130. The van der Waals surface area contributed by atoms with Crippen LogP contribution in [0.15, 0.2) is 48.5 Å². The van der Waals surface area contributed by atoms with Gasteiger partial charge in [0.25, 0.3) is 5.91 Å². The Morgan fingerprint density at radius 1 is 1.11 bits per heavy atom. The summed E-state index contributed by atoms with van der Waals surface area (Å²) >= 11 is 1.58. The standard InChI is InChI=1S/C21H19FN4OS/c1-13-3-5-15(6-4-13)19-24-21-26(25-19)14(2)18(28-21)11-12-23-20(27)16-7-9-17(22)10-8-16/h3-10H,11-12H2,1-2H3,(H,23,27). The van der Waals surface area contributed by atoms with Gasteiger partial charge in [-0.25, -0.2) is 8.91 Å². The molecule has 0 radical (unpaired) electrons. The van der Waals surface area contributed by atoms with E-state index in [1.54, 1.807) is 11.3 Å². The number of nitrogens with one attached hydrogen (secondary N) is 1. The smallest absolute Gasteiger partial charge is 0.251 e. The van der Waals surface area contributed by atoms with Crippen molar-refractivity contribution in [1.29, 1.82) is 0 Å². The van der Waals surface area contributed by atoms with Crippen molar-refractivity contribution in [2.24, 2.45) is 0 Å². The van der Waals surface area contributed by atoms with Crippen molar-refractivity contribution in [3.05, 3.63) is 76.0 Å². The van der Waals surface area contributed by atoms with Crippen molar-refractivity contribution in [3.63, 3.8) is 0 Å². The molecule has 0 aliphatic rings. The fraction of sp³-hybridized carbons (Fsp3) is 0.190. The Kier molecular flexibility index (Phi) is 4.92. The van der Waals surface area contributed by atoms with Crippen molar-refractivity contribution in [1.82, 2.24) is 19.9 Å². The van der Waals surface area contributed by atoms with E-state index in [4.69, 9.17) is 0 Å². The number of halogens is 1. The molecule has 0 aliphatic carbocycles. The molecule has 0 atom stereocenters. The molecule has 4 aromatic rings. The predicted molar refractivity (Wildman–Crippen MR) is 108 cm³/mol. The highest BCUT2D eigenvalue weighted by Crippen LogP contribution is 2.25. The molecule has 0 fully saturated rings. The minimum Gasteiger partial charge on any atom is -0.352 e. The second-order valence-corrected chi connectivity index (χ2v) is 7.68. The normalized spacial score (nSPS) is 11.1. The lowest BCUT2D eigenvalue weighted by Gasteiger charge is -2.05. The number of benzene rings is 2. The molecule has 2 aromatic carbocycles. The number of amides is 1. The van der Waals surface area contributed by atoms with Gasteiger partial charge in [0.1, 0.15) is 5.82 Å². The summed E-state index contributed by atoms with van der Waals surface area (Å²) in [5, 5.41) is 7.49. The van der Waals surface area contributed by atoms with Gasteiger partial charge in [0.2, 0.25) is 4.96 Å². The van der Waals surface area contributed by atoms with Gasteiger partial charge in [-0.3, -0.25) is 4.79 Å². The number of hydrogen-bond acceptors (Lipinski definition) is 4. The van der Waals surface area contributed by atoms with Gasteiger partial charge in [-0.15, -0.1) is 5.10 Å². The van der Waals surface area contributed by atoms with Crippen LogP contribution >= 0.6 is 11.3 Å². The third kappa shape index (κ3) is 3.66. The lowest BCUT2D eigenvalue weighted by molar-refractivity contribution is 0.0954. The number of aromatic nitrogens is 3. The van der Waals surface area contributed by atoms with Crippen molar-refractivity contribution < 1.29 is 9.18 Å². The van der Waals surface area contributed by atoms with E-state index in [1.165, 1.54) is 29.8 Å². The maximum absolute atomic E-state index is 12.9. The molecule has 0 unspecified atom stereocenters. The van der Waals surface area contributed by atoms with E-state index in [9.17, 15) is 9.18 Å². The van der Waals surface area contributed by atoms with Gasteiger partial charge >= 0.3 is 0 Å². The summed E-state index contributed by atoms with van der Waals surface area (Å²) in [5.74, 6) is 0.149. The van der Waals surface area contributed by atoms with Gasteiger partial charge in [0.05, 0.1) is 5.69 Å². The van der Waals surface area contributed by atoms with Crippen LogP contribution in [0.3, 0.4) is 0 Å². The monoisotopic (exact) mass is 394 g/mol. The molecule has 0 saturated carbocycles. The van der Waals surface area contributed by atoms with Crippen LogP contribution in [0.4, 0.5) is 4.39 Å². The van der Waals surface area contributed by atoms with E-state index in [0.29, 0.717) is 24.4 Å². The molecule has 7 heteroatoms. The molecule has 5 nitrogen and oxygen atoms in total. The number of nitrogens with zero attached hydrogens (tertiary/aromatic N) is 3. The molecule has 2 aromatic heterocycles. The van der Waals surface area contributed by atoms with E-state index in [0.717, 1.165) is 21.1 Å². The lowest BCUT2D eigenvalue weighted by Crippen LogP contribution is -2.25. The number of hydrogen-bond donors (Lipinski definition) is 1. The van der Waals surface area contributed by atoms with Crippen molar-refractivity contribution >= 4 is 22.2 Å². The first-order chi connectivity index (χ1) is 13.5. The molecule has 2 heterocycles.